The maximum absolute atomic E-state index is 12.0. The molecule has 1 fully saturated rings. The van der Waals surface area contributed by atoms with Gasteiger partial charge in [0.25, 0.3) is 0 Å². The van der Waals surface area contributed by atoms with Crippen LogP contribution in [0.3, 0.4) is 0 Å². The van der Waals surface area contributed by atoms with Crippen LogP contribution in [0.2, 0.25) is 5.02 Å². The zero-order valence-electron chi connectivity index (χ0n) is 12.5. The van der Waals surface area contributed by atoms with Gasteiger partial charge in [0.2, 0.25) is 0 Å². The second-order valence-electron chi connectivity index (χ2n) is 5.13. The number of carbonyl (C=O) groups excluding carboxylic acids is 2. The molecular formula is C15H16ClN3O3S. The molecule has 0 radical (unpaired) electrons. The van der Waals surface area contributed by atoms with Crippen LogP contribution in [0.5, 0.6) is 0 Å². The van der Waals surface area contributed by atoms with Gasteiger partial charge >= 0.3 is 11.8 Å². The summed E-state index contributed by atoms with van der Waals surface area (Å²) in [4.78, 5) is 23.9. The second kappa shape index (κ2) is 7.68. The molecule has 0 aromatic heterocycles. The monoisotopic (exact) mass is 353 g/mol. The van der Waals surface area contributed by atoms with Crippen LogP contribution in [-0.2, 0) is 14.3 Å². The van der Waals surface area contributed by atoms with Gasteiger partial charge in [-0.05, 0) is 30.4 Å². The number of thioether (sulfide) groups is 1. The van der Waals surface area contributed by atoms with E-state index in [1.165, 1.54) is 18.2 Å². The Hall–Kier alpha value is -1.75. The highest BCUT2D eigenvalue weighted by atomic mass is 35.5. The average molecular weight is 354 g/mol. The molecule has 1 aliphatic rings. The number of rotatable bonds is 4. The molecule has 1 unspecified atom stereocenters. The summed E-state index contributed by atoms with van der Waals surface area (Å²) in [7, 11) is 1.60. The molecule has 1 saturated heterocycles. The number of hydrogen-bond donors (Lipinski definition) is 2. The number of halogens is 1. The summed E-state index contributed by atoms with van der Waals surface area (Å²) >= 11 is 7.59. The zero-order valence-corrected chi connectivity index (χ0v) is 14.1. The first-order valence-corrected chi connectivity index (χ1v) is 8.45. The number of nitriles is 1. The molecule has 2 rings (SSSR count). The van der Waals surface area contributed by atoms with Crippen molar-refractivity contribution in [1.82, 2.24) is 5.32 Å². The number of nitrogens with zero attached hydrogens (tertiary/aromatic N) is 1. The van der Waals surface area contributed by atoms with Crippen molar-refractivity contribution in [2.75, 3.05) is 30.5 Å². The van der Waals surface area contributed by atoms with Crippen molar-refractivity contribution in [3.8, 4) is 6.07 Å². The van der Waals surface area contributed by atoms with Crippen LogP contribution in [0, 0.1) is 11.3 Å². The summed E-state index contributed by atoms with van der Waals surface area (Å²) in [5.41, 5.74) is 0.0169. The molecule has 0 aliphatic carbocycles. The number of nitrogens with one attached hydrogen (secondary N) is 2. The van der Waals surface area contributed by atoms with E-state index in [4.69, 9.17) is 21.6 Å². The smallest absolute Gasteiger partial charge is 0.313 e. The van der Waals surface area contributed by atoms with E-state index in [0.717, 1.165) is 17.9 Å². The number of anilines is 1. The summed E-state index contributed by atoms with van der Waals surface area (Å²) in [6.07, 6.45) is 0.822. The molecule has 0 saturated carbocycles. The first kappa shape index (κ1) is 17.6. The summed E-state index contributed by atoms with van der Waals surface area (Å²) in [5, 5.41) is 14.4. The summed E-state index contributed by atoms with van der Waals surface area (Å²) in [6, 6.07) is 6.37. The number of methoxy groups -OCH3 is 1. The molecule has 23 heavy (non-hydrogen) atoms. The lowest BCUT2D eigenvalue weighted by molar-refractivity contribution is -0.136. The highest BCUT2D eigenvalue weighted by Gasteiger charge is 2.35. The maximum atomic E-state index is 12.0. The Kier molecular flexibility index (Phi) is 5.88. The Morgan fingerprint density at radius 3 is 2.87 bits per heavy atom. The van der Waals surface area contributed by atoms with Crippen molar-refractivity contribution in [1.29, 1.82) is 5.26 Å². The molecule has 0 bridgehead atoms. The van der Waals surface area contributed by atoms with E-state index in [1.54, 1.807) is 18.9 Å². The van der Waals surface area contributed by atoms with Gasteiger partial charge in [0.05, 0.1) is 16.9 Å². The second-order valence-corrected chi connectivity index (χ2v) is 6.67. The SMILES string of the molecule is COC1(CNC(=O)C(=O)Nc2cc(Cl)ccc2C#N)CCSC1. The van der Waals surface area contributed by atoms with Gasteiger partial charge in [0.15, 0.2) is 0 Å². The van der Waals surface area contributed by atoms with Crippen molar-refractivity contribution in [3.05, 3.63) is 28.8 Å². The number of benzene rings is 1. The van der Waals surface area contributed by atoms with Crippen molar-refractivity contribution in [3.63, 3.8) is 0 Å². The lowest BCUT2D eigenvalue weighted by Crippen LogP contribution is -2.47. The molecule has 1 atom stereocenters. The maximum Gasteiger partial charge on any atom is 0.313 e. The van der Waals surface area contributed by atoms with E-state index in [1.807, 2.05) is 6.07 Å². The van der Waals surface area contributed by atoms with Crippen LogP contribution in [0.15, 0.2) is 18.2 Å². The quantitative estimate of drug-likeness (QED) is 0.805. The van der Waals surface area contributed by atoms with Gasteiger partial charge in [0, 0.05) is 24.4 Å². The predicted molar refractivity (Wildman–Crippen MR) is 89.5 cm³/mol. The third-order valence-electron chi connectivity index (χ3n) is 3.63. The van der Waals surface area contributed by atoms with E-state index < -0.39 is 17.4 Å². The van der Waals surface area contributed by atoms with Crippen LogP contribution < -0.4 is 10.6 Å². The summed E-state index contributed by atoms with van der Waals surface area (Å²) in [5.74, 6) is 0.116. The van der Waals surface area contributed by atoms with Gasteiger partial charge in [-0.25, -0.2) is 0 Å². The molecule has 1 aromatic rings. The Morgan fingerprint density at radius 1 is 1.48 bits per heavy atom. The minimum Gasteiger partial charge on any atom is -0.376 e. The van der Waals surface area contributed by atoms with Crippen LogP contribution in [0.25, 0.3) is 0 Å². The zero-order chi connectivity index (χ0) is 16.9. The van der Waals surface area contributed by atoms with E-state index in [2.05, 4.69) is 10.6 Å². The first-order chi connectivity index (χ1) is 11.0. The predicted octanol–water partition coefficient (Wildman–Crippen LogP) is 1.79. The number of hydrogen-bond acceptors (Lipinski definition) is 5. The van der Waals surface area contributed by atoms with Gasteiger partial charge in [0.1, 0.15) is 6.07 Å². The molecule has 8 heteroatoms. The lowest BCUT2D eigenvalue weighted by Gasteiger charge is -2.26. The van der Waals surface area contributed by atoms with Crippen LogP contribution >= 0.6 is 23.4 Å². The van der Waals surface area contributed by atoms with E-state index in [0.29, 0.717) is 5.02 Å². The van der Waals surface area contributed by atoms with E-state index in [9.17, 15) is 9.59 Å². The van der Waals surface area contributed by atoms with Crippen LogP contribution in [0.4, 0.5) is 5.69 Å². The fourth-order valence-electron chi connectivity index (χ4n) is 2.18. The van der Waals surface area contributed by atoms with E-state index in [-0.39, 0.29) is 17.8 Å². The fraction of sp³-hybridized carbons (Fsp3) is 0.400. The molecule has 0 spiro atoms. The Morgan fingerprint density at radius 2 is 2.26 bits per heavy atom. The van der Waals surface area contributed by atoms with Crippen molar-refractivity contribution >= 4 is 40.9 Å². The molecule has 1 heterocycles. The molecule has 1 aliphatic heterocycles. The topological polar surface area (TPSA) is 91.2 Å². The molecule has 6 nitrogen and oxygen atoms in total. The van der Waals surface area contributed by atoms with Gasteiger partial charge in [-0.15, -0.1) is 0 Å². The molecule has 122 valence electrons. The average Bonchev–Trinajstić information content (AvgIpc) is 3.02. The fourth-order valence-corrected chi connectivity index (χ4v) is 3.75. The van der Waals surface area contributed by atoms with Crippen molar-refractivity contribution < 1.29 is 14.3 Å². The van der Waals surface area contributed by atoms with Crippen LogP contribution in [-0.4, -0.2) is 42.6 Å². The Balaban J connectivity index is 1.97. The molecular weight excluding hydrogens is 338 g/mol. The third kappa shape index (κ3) is 4.38. The number of carbonyl (C=O) groups is 2. The third-order valence-corrected chi connectivity index (χ3v) is 5.09. The standard InChI is InChI=1S/C15H16ClN3O3S/c1-22-15(4-5-23-9-15)8-18-13(20)14(21)19-12-6-11(16)3-2-10(12)7-17/h2-3,6H,4-5,8-9H2,1H3,(H,18,20)(H,19,21). The molecule has 2 N–H and O–H groups in total. The summed E-state index contributed by atoms with van der Waals surface area (Å²) < 4.78 is 5.47. The van der Waals surface area contributed by atoms with E-state index >= 15 is 0 Å². The van der Waals surface area contributed by atoms with Gasteiger partial charge in [-0.2, -0.15) is 17.0 Å². The number of ether oxygens (including phenoxy) is 1. The highest BCUT2D eigenvalue weighted by Crippen LogP contribution is 2.30. The van der Waals surface area contributed by atoms with Crippen LogP contribution in [0.1, 0.15) is 12.0 Å². The normalized spacial score (nSPS) is 19.9. The highest BCUT2D eigenvalue weighted by molar-refractivity contribution is 7.99. The minimum atomic E-state index is -0.847. The van der Waals surface area contributed by atoms with Gasteiger partial charge in [-0.3, -0.25) is 9.59 Å². The first-order valence-electron chi connectivity index (χ1n) is 6.91. The molecule has 2 amide bonds. The largest absolute Gasteiger partial charge is 0.376 e. The lowest BCUT2D eigenvalue weighted by atomic mass is 10.0. The van der Waals surface area contributed by atoms with Gasteiger partial charge < -0.3 is 15.4 Å². The van der Waals surface area contributed by atoms with Crippen molar-refractivity contribution in [2.24, 2.45) is 0 Å². The Labute approximate surface area is 143 Å². The molecule has 1 aromatic carbocycles. The van der Waals surface area contributed by atoms with Gasteiger partial charge in [-0.1, -0.05) is 11.6 Å². The Bertz CT molecular complexity index is 654. The minimum absolute atomic E-state index is 0.207. The van der Waals surface area contributed by atoms with Crippen molar-refractivity contribution in [2.45, 2.75) is 12.0 Å². The summed E-state index contributed by atoms with van der Waals surface area (Å²) in [6.45, 7) is 0.267. The number of amides is 2.